The molecule has 2 aromatic rings. The van der Waals surface area contributed by atoms with Crippen LogP contribution in [0.5, 0.6) is 0 Å². The van der Waals surface area contributed by atoms with Crippen LogP contribution in [0.3, 0.4) is 0 Å². The first-order valence-electron chi connectivity index (χ1n) is 8.96. The van der Waals surface area contributed by atoms with Crippen LogP contribution in [0.2, 0.25) is 0 Å². The van der Waals surface area contributed by atoms with Gasteiger partial charge in [-0.25, -0.2) is 0 Å². The highest BCUT2D eigenvalue weighted by Crippen LogP contribution is 2.22. The van der Waals surface area contributed by atoms with Gasteiger partial charge in [-0.2, -0.15) is 0 Å². The van der Waals surface area contributed by atoms with Gasteiger partial charge in [0.25, 0.3) is 5.91 Å². The summed E-state index contributed by atoms with van der Waals surface area (Å²) in [5.41, 5.74) is 2.57. The van der Waals surface area contributed by atoms with Crippen molar-refractivity contribution in [3.8, 4) is 0 Å². The average molecular weight is 445 g/mol. The van der Waals surface area contributed by atoms with Gasteiger partial charge >= 0.3 is 5.97 Å². The Morgan fingerprint density at radius 2 is 1.96 bits per heavy atom. The SMILES string of the molecule is Cc1cc(Br)ccc1NC(=O)COC(=O)C1CC(=O)N(Cc2ccccc2)C1. The van der Waals surface area contributed by atoms with E-state index in [1.54, 1.807) is 11.0 Å². The van der Waals surface area contributed by atoms with Crippen molar-refractivity contribution in [2.24, 2.45) is 5.92 Å². The Kier molecular flexibility index (Phi) is 6.46. The van der Waals surface area contributed by atoms with Crippen LogP contribution in [0.1, 0.15) is 17.5 Å². The van der Waals surface area contributed by atoms with Crippen LogP contribution in [0.25, 0.3) is 0 Å². The second-order valence-corrected chi connectivity index (χ2v) is 7.69. The first kappa shape index (κ1) is 20.1. The molecule has 0 radical (unpaired) electrons. The third-order valence-electron chi connectivity index (χ3n) is 4.57. The minimum atomic E-state index is -0.543. The number of rotatable bonds is 6. The van der Waals surface area contributed by atoms with Gasteiger partial charge in [0.15, 0.2) is 6.61 Å². The normalized spacial score (nSPS) is 16.1. The summed E-state index contributed by atoms with van der Waals surface area (Å²) in [5.74, 6) is -1.56. The fourth-order valence-electron chi connectivity index (χ4n) is 3.09. The zero-order chi connectivity index (χ0) is 20.1. The predicted molar refractivity (Wildman–Crippen MR) is 108 cm³/mol. The monoisotopic (exact) mass is 444 g/mol. The lowest BCUT2D eigenvalue weighted by Gasteiger charge is -2.16. The lowest BCUT2D eigenvalue weighted by molar-refractivity contribution is -0.151. The van der Waals surface area contributed by atoms with Crippen molar-refractivity contribution in [3.63, 3.8) is 0 Å². The summed E-state index contributed by atoms with van der Waals surface area (Å²) in [6.07, 6.45) is 0.110. The number of nitrogens with zero attached hydrogens (tertiary/aromatic N) is 1. The van der Waals surface area contributed by atoms with Gasteiger partial charge in [-0.15, -0.1) is 0 Å². The maximum Gasteiger partial charge on any atom is 0.311 e. The van der Waals surface area contributed by atoms with E-state index in [4.69, 9.17) is 4.74 Å². The Bertz CT molecular complexity index is 885. The summed E-state index contributed by atoms with van der Waals surface area (Å²) >= 11 is 3.37. The summed E-state index contributed by atoms with van der Waals surface area (Å²) in [5, 5.41) is 2.72. The highest BCUT2D eigenvalue weighted by Gasteiger charge is 2.35. The molecular formula is C21H21BrN2O4. The third kappa shape index (κ3) is 5.19. The zero-order valence-electron chi connectivity index (χ0n) is 15.5. The van der Waals surface area contributed by atoms with Gasteiger partial charge in [-0.1, -0.05) is 46.3 Å². The summed E-state index contributed by atoms with van der Waals surface area (Å²) < 4.78 is 6.05. The molecule has 1 fully saturated rings. The molecule has 3 rings (SSSR count). The average Bonchev–Trinajstić information content (AvgIpc) is 3.03. The Balaban J connectivity index is 1.48. The predicted octanol–water partition coefficient (Wildman–Crippen LogP) is 3.29. The maximum atomic E-state index is 12.3. The van der Waals surface area contributed by atoms with Gasteiger partial charge in [-0.3, -0.25) is 14.4 Å². The molecule has 1 aliphatic heterocycles. The Morgan fingerprint density at radius 3 is 2.68 bits per heavy atom. The number of aryl methyl sites for hydroxylation is 1. The molecule has 1 aliphatic rings. The number of likely N-dealkylation sites (tertiary alicyclic amines) is 1. The molecule has 28 heavy (non-hydrogen) atoms. The van der Waals surface area contributed by atoms with E-state index < -0.39 is 17.8 Å². The molecule has 2 aromatic carbocycles. The molecule has 2 amide bonds. The van der Waals surface area contributed by atoms with E-state index in [0.717, 1.165) is 15.6 Å². The second-order valence-electron chi connectivity index (χ2n) is 6.78. The molecule has 0 aliphatic carbocycles. The Labute approximate surface area is 172 Å². The molecule has 1 unspecified atom stereocenters. The number of ether oxygens (including phenoxy) is 1. The summed E-state index contributed by atoms with van der Waals surface area (Å²) in [6, 6.07) is 15.1. The van der Waals surface area contributed by atoms with Gasteiger partial charge in [0.1, 0.15) is 0 Å². The molecule has 1 N–H and O–H groups in total. The van der Waals surface area contributed by atoms with E-state index in [2.05, 4.69) is 21.2 Å². The summed E-state index contributed by atoms with van der Waals surface area (Å²) in [7, 11) is 0. The number of anilines is 1. The number of hydrogen-bond acceptors (Lipinski definition) is 4. The highest BCUT2D eigenvalue weighted by molar-refractivity contribution is 9.10. The number of carbonyl (C=O) groups excluding carboxylic acids is 3. The van der Waals surface area contributed by atoms with Crippen molar-refractivity contribution in [2.75, 3.05) is 18.5 Å². The first-order valence-corrected chi connectivity index (χ1v) is 9.76. The number of hydrogen-bond donors (Lipinski definition) is 1. The molecule has 7 heteroatoms. The molecular weight excluding hydrogens is 424 g/mol. The topological polar surface area (TPSA) is 75.7 Å². The molecule has 0 spiro atoms. The number of benzene rings is 2. The van der Waals surface area contributed by atoms with Crippen molar-refractivity contribution < 1.29 is 19.1 Å². The van der Waals surface area contributed by atoms with Crippen LogP contribution in [0, 0.1) is 12.8 Å². The zero-order valence-corrected chi connectivity index (χ0v) is 17.1. The summed E-state index contributed by atoms with van der Waals surface area (Å²) in [4.78, 5) is 38.1. The second kappa shape index (κ2) is 9.01. The third-order valence-corrected chi connectivity index (χ3v) is 5.07. The van der Waals surface area contributed by atoms with E-state index in [-0.39, 0.29) is 18.9 Å². The number of halogens is 1. The maximum absolute atomic E-state index is 12.3. The van der Waals surface area contributed by atoms with E-state index in [9.17, 15) is 14.4 Å². The standard InChI is InChI=1S/C21H21BrN2O4/c1-14-9-17(22)7-8-18(14)23-19(25)13-28-21(27)16-10-20(26)24(12-16)11-15-5-3-2-4-6-15/h2-9,16H,10-13H2,1H3,(H,23,25). The van der Waals surface area contributed by atoms with E-state index in [0.29, 0.717) is 18.8 Å². The largest absolute Gasteiger partial charge is 0.455 e. The van der Waals surface area contributed by atoms with Crippen LogP contribution in [-0.4, -0.2) is 35.8 Å². The van der Waals surface area contributed by atoms with Gasteiger partial charge in [0.05, 0.1) is 5.92 Å². The summed E-state index contributed by atoms with van der Waals surface area (Å²) in [6.45, 7) is 2.27. The minimum absolute atomic E-state index is 0.0826. The number of nitrogens with one attached hydrogen (secondary N) is 1. The molecule has 1 saturated heterocycles. The van der Waals surface area contributed by atoms with E-state index >= 15 is 0 Å². The van der Waals surface area contributed by atoms with Gasteiger partial charge in [0, 0.05) is 29.7 Å². The van der Waals surface area contributed by atoms with Crippen LogP contribution in [-0.2, 0) is 25.7 Å². The van der Waals surface area contributed by atoms with Crippen molar-refractivity contribution >= 4 is 39.4 Å². The van der Waals surface area contributed by atoms with E-state index in [1.165, 1.54) is 0 Å². The van der Waals surface area contributed by atoms with Crippen LogP contribution >= 0.6 is 15.9 Å². The van der Waals surface area contributed by atoms with Gasteiger partial charge in [0.2, 0.25) is 5.91 Å². The molecule has 6 nitrogen and oxygen atoms in total. The molecule has 0 bridgehead atoms. The van der Waals surface area contributed by atoms with Crippen LogP contribution < -0.4 is 5.32 Å². The lowest BCUT2D eigenvalue weighted by atomic mass is 10.1. The highest BCUT2D eigenvalue weighted by atomic mass is 79.9. The molecule has 0 aromatic heterocycles. The van der Waals surface area contributed by atoms with Crippen molar-refractivity contribution in [1.29, 1.82) is 0 Å². The molecule has 1 atom stereocenters. The fraction of sp³-hybridized carbons (Fsp3) is 0.286. The minimum Gasteiger partial charge on any atom is -0.455 e. The lowest BCUT2D eigenvalue weighted by Crippen LogP contribution is -2.28. The van der Waals surface area contributed by atoms with E-state index in [1.807, 2.05) is 49.4 Å². The molecule has 0 saturated carbocycles. The van der Waals surface area contributed by atoms with Crippen molar-refractivity contribution in [2.45, 2.75) is 19.9 Å². The number of amides is 2. The van der Waals surface area contributed by atoms with Gasteiger partial charge < -0.3 is 15.0 Å². The number of carbonyl (C=O) groups is 3. The Hall–Kier alpha value is -2.67. The smallest absolute Gasteiger partial charge is 0.311 e. The van der Waals surface area contributed by atoms with Crippen molar-refractivity contribution in [1.82, 2.24) is 4.90 Å². The molecule has 146 valence electrons. The van der Waals surface area contributed by atoms with Crippen molar-refractivity contribution in [3.05, 3.63) is 64.1 Å². The molecule has 1 heterocycles. The van der Waals surface area contributed by atoms with Gasteiger partial charge in [-0.05, 0) is 36.2 Å². The van der Waals surface area contributed by atoms with Crippen LogP contribution in [0.4, 0.5) is 5.69 Å². The first-order chi connectivity index (χ1) is 13.4. The quantitative estimate of drug-likeness (QED) is 0.693. The number of esters is 1. The fourth-order valence-corrected chi connectivity index (χ4v) is 3.57. The van der Waals surface area contributed by atoms with Crippen LogP contribution in [0.15, 0.2) is 53.0 Å². The Morgan fingerprint density at radius 1 is 1.21 bits per heavy atom.